The van der Waals surface area contributed by atoms with Crippen LogP contribution in [-0.2, 0) is 22.1 Å². The molecule has 3 aromatic carbocycles. The lowest BCUT2D eigenvalue weighted by molar-refractivity contribution is -0.150. The summed E-state index contributed by atoms with van der Waals surface area (Å²) in [6.45, 7) is 2.62. The molecular formula is C31H34F3NO6S. The molecule has 42 heavy (non-hydrogen) atoms. The van der Waals surface area contributed by atoms with E-state index in [1.165, 1.54) is 17.0 Å². The quantitative estimate of drug-likeness (QED) is 0.137. The molecule has 0 aliphatic carbocycles. The number of carbonyl (C=O) groups excluding carboxylic acids is 1. The van der Waals surface area contributed by atoms with Crippen LogP contribution in [0.5, 0.6) is 11.5 Å². The Balaban J connectivity index is 1.56. The fourth-order valence-corrected chi connectivity index (χ4v) is 4.87. The molecule has 0 aliphatic heterocycles. The van der Waals surface area contributed by atoms with Gasteiger partial charge < -0.3 is 24.2 Å². The van der Waals surface area contributed by atoms with Crippen molar-refractivity contribution in [3.8, 4) is 11.5 Å². The molecular weight excluding hydrogens is 571 g/mol. The second-order valence-electron chi connectivity index (χ2n) is 9.23. The molecule has 0 spiro atoms. The van der Waals surface area contributed by atoms with Crippen molar-refractivity contribution in [2.24, 2.45) is 0 Å². The monoisotopic (exact) mass is 605 g/mol. The summed E-state index contributed by atoms with van der Waals surface area (Å²) in [5, 5.41) is 9.28. The number of benzene rings is 3. The van der Waals surface area contributed by atoms with Crippen molar-refractivity contribution in [1.82, 2.24) is 4.90 Å². The highest BCUT2D eigenvalue weighted by Crippen LogP contribution is 2.31. The Labute approximate surface area is 247 Å². The van der Waals surface area contributed by atoms with Crippen LogP contribution in [0, 0.1) is 0 Å². The van der Waals surface area contributed by atoms with Crippen LogP contribution in [0.3, 0.4) is 0 Å². The molecule has 7 nitrogen and oxygen atoms in total. The molecule has 1 unspecified atom stereocenters. The summed E-state index contributed by atoms with van der Waals surface area (Å²) in [6.07, 6.45) is -4.57. The summed E-state index contributed by atoms with van der Waals surface area (Å²) >= 11 is 1.70. The number of carboxylic acid groups (broad SMARTS) is 1. The first-order chi connectivity index (χ1) is 20.2. The van der Waals surface area contributed by atoms with E-state index in [0.29, 0.717) is 18.7 Å². The van der Waals surface area contributed by atoms with Gasteiger partial charge in [0.2, 0.25) is 0 Å². The third kappa shape index (κ3) is 11.3. The number of ether oxygens (including phenoxy) is 3. The van der Waals surface area contributed by atoms with Gasteiger partial charge in [0.15, 0.2) is 6.10 Å². The number of alkyl halides is 3. The lowest BCUT2D eigenvalue weighted by Crippen LogP contribution is -2.37. The second-order valence-corrected chi connectivity index (χ2v) is 10.4. The molecule has 0 radical (unpaired) electrons. The zero-order chi connectivity index (χ0) is 30.4. The highest BCUT2D eigenvalue weighted by atomic mass is 32.2. The molecule has 11 heteroatoms. The number of amides is 1. The fourth-order valence-electron chi connectivity index (χ4n) is 3.94. The van der Waals surface area contributed by atoms with Gasteiger partial charge in [-0.25, -0.2) is 9.59 Å². The average Bonchev–Trinajstić information content (AvgIpc) is 2.97. The predicted octanol–water partition coefficient (Wildman–Crippen LogP) is 7.19. The van der Waals surface area contributed by atoms with E-state index in [-0.39, 0.29) is 31.9 Å². The predicted molar refractivity (Wildman–Crippen MR) is 154 cm³/mol. The lowest BCUT2D eigenvalue weighted by Gasteiger charge is -2.22. The minimum atomic E-state index is -4.56. The molecule has 3 aromatic rings. The Morgan fingerprint density at radius 1 is 0.929 bits per heavy atom. The van der Waals surface area contributed by atoms with Gasteiger partial charge in [-0.05, 0) is 73.5 Å². The summed E-state index contributed by atoms with van der Waals surface area (Å²) in [5.41, 5.74) is -0.136. The maximum Gasteiger partial charge on any atom is 0.416 e. The van der Waals surface area contributed by atoms with Gasteiger partial charge in [0.1, 0.15) is 18.1 Å². The lowest BCUT2D eigenvalue weighted by atomic mass is 10.1. The van der Waals surface area contributed by atoms with Crippen LogP contribution in [0.4, 0.5) is 18.0 Å². The molecule has 1 N–H and O–H groups in total. The number of halogens is 3. The zero-order valence-corrected chi connectivity index (χ0v) is 24.0. The SMILES string of the molecule is CCOC(Cc1ccc(OCCN(CCCCSc2ccccc2)C(=O)Oc2cccc(C(F)(F)F)c2)cc1)C(=O)O. The van der Waals surface area contributed by atoms with Gasteiger partial charge >= 0.3 is 18.2 Å². The average molecular weight is 606 g/mol. The van der Waals surface area contributed by atoms with Crippen molar-refractivity contribution in [3.05, 3.63) is 90.0 Å². The normalized spacial score (nSPS) is 12.0. The van der Waals surface area contributed by atoms with E-state index in [1.807, 2.05) is 30.3 Å². The molecule has 0 aliphatic rings. The molecule has 1 amide bonds. The number of carboxylic acids is 1. The Morgan fingerprint density at radius 2 is 1.67 bits per heavy atom. The van der Waals surface area contributed by atoms with Crippen LogP contribution >= 0.6 is 11.8 Å². The Hall–Kier alpha value is -3.70. The molecule has 3 rings (SSSR count). The zero-order valence-electron chi connectivity index (χ0n) is 23.2. The Kier molecular flexibility index (Phi) is 13.0. The van der Waals surface area contributed by atoms with Gasteiger partial charge in [-0.2, -0.15) is 13.2 Å². The number of hydrogen-bond acceptors (Lipinski definition) is 6. The van der Waals surface area contributed by atoms with Crippen molar-refractivity contribution in [3.63, 3.8) is 0 Å². The summed E-state index contributed by atoms with van der Waals surface area (Å²) in [7, 11) is 0. The minimum absolute atomic E-state index is 0.118. The number of rotatable bonds is 16. The molecule has 0 bridgehead atoms. The number of nitrogens with zero attached hydrogens (tertiary/aromatic N) is 1. The maximum atomic E-state index is 13.1. The van der Waals surface area contributed by atoms with Crippen LogP contribution in [0.2, 0.25) is 0 Å². The summed E-state index contributed by atoms with van der Waals surface area (Å²) in [5.74, 6) is 0.137. The minimum Gasteiger partial charge on any atom is -0.492 e. The van der Waals surface area contributed by atoms with Gasteiger partial charge in [-0.15, -0.1) is 11.8 Å². The maximum absolute atomic E-state index is 13.1. The number of thioether (sulfide) groups is 1. The molecule has 0 heterocycles. The van der Waals surface area contributed by atoms with Crippen LogP contribution in [0.15, 0.2) is 83.8 Å². The van der Waals surface area contributed by atoms with E-state index in [1.54, 1.807) is 43.0 Å². The highest BCUT2D eigenvalue weighted by Gasteiger charge is 2.31. The first-order valence-corrected chi connectivity index (χ1v) is 14.5. The van der Waals surface area contributed by atoms with Crippen molar-refractivity contribution < 1.29 is 42.1 Å². The van der Waals surface area contributed by atoms with Gasteiger partial charge in [0.25, 0.3) is 0 Å². The summed E-state index contributed by atoms with van der Waals surface area (Å²) in [6, 6.07) is 21.0. The van der Waals surface area contributed by atoms with Crippen molar-refractivity contribution in [1.29, 1.82) is 0 Å². The van der Waals surface area contributed by atoms with Gasteiger partial charge in [-0.1, -0.05) is 36.4 Å². The second kappa shape index (κ2) is 16.7. The molecule has 0 aromatic heterocycles. The first kappa shape index (κ1) is 32.8. The van der Waals surface area contributed by atoms with Crippen LogP contribution in [-0.4, -0.2) is 60.2 Å². The van der Waals surface area contributed by atoms with Crippen molar-refractivity contribution in [2.45, 2.75) is 43.4 Å². The standard InChI is InChI=1S/C31H34F3NO6S/c1-2-39-28(29(36)37)21-23-13-15-25(16-14-23)40-19-18-35(17-6-7-20-42-27-11-4-3-5-12-27)30(38)41-26-10-8-9-24(22-26)31(32,33)34/h3-5,8-16,22,28H,2,6-7,17-21H2,1H3,(H,36,37). The van der Waals surface area contributed by atoms with E-state index in [2.05, 4.69) is 0 Å². The largest absolute Gasteiger partial charge is 0.492 e. The summed E-state index contributed by atoms with van der Waals surface area (Å²) < 4.78 is 55.7. The topological polar surface area (TPSA) is 85.3 Å². The highest BCUT2D eigenvalue weighted by molar-refractivity contribution is 7.99. The van der Waals surface area contributed by atoms with Crippen molar-refractivity contribution in [2.75, 3.05) is 32.1 Å². The molecule has 0 saturated heterocycles. The molecule has 226 valence electrons. The van der Waals surface area contributed by atoms with E-state index in [0.717, 1.165) is 34.8 Å². The van der Waals surface area contributed by atoms with E-state index >= 15 is 0 Å². The van der Waals surface area contributed by atoms with Gasteiger partial charge in [0.05, 0.1) is 12.1 Å². The third-order valence-electron chi connectivity index (χ3n) is 6.08. The summed E-state index contributed by atoms with van der Waals surface area (Å²) in [4.78, 5) is 26.9. The number of carbonyl (C=O) groups is 2. The van der Waals surface area contributed by atoms with Crippen LogP contribution in [0.1, 0.15) is 30.9 Å². The van der Waals surface area contributed by atoms with E-state index in [4.69, 9.17) is 14.2 Å². The molecule has 0 fully saturated rings. The smallest absolute Gasteiger partial charge is 0.416 e. The Bertz CT molecular complexity index is 1260. The molecule has 0 saturated carbocycles. The van der Waals surface area contributed by atoms with Crippen LogP contribution in [0.25, 0.3) is 0 Å². The van der Waals surface area contributed by atoms with Gasteiger partial charge in [0, 0.05) is 24.5 Å². The van der Waals surface area contributed by atoms with Crippen LogP contribution < -0.4 is 9.47 Å². The fraction of sp³-hybridized carbons (Fsp3) is 0.355. The van der Waals surface area contributed by atoms with Gasteiger partial charge in [-0.3, -0.25) is 0 Å². The van der Waals surface area contributed by atoms with E-state index < -0.39 is 29.9 Å². The number of unbranched alkanes of at least 4 members (excludes halogenated alkanes) is 1. The Morgan fingerprint density at radius 3 is 2.33 bits per heavy atom. The number of hydrogen-bond donors (Lipinski definition) is 1. The molecule has 1 atom stereocenters. The first-order valence-electron chi connectivity index (χ1n) is 13.5. The number of aliphatic carboxylic acids is 1. The van der Waals surface area contributed by atoms with E-state index in [9.17, 15) is 27.9 Å². The third-order valence-corrected chi connectivity index (χ3v) is 7.17. The van der Waals surface area contributed by atoms with Crippen molar-refractivity contribution >= 4 is 23.8 Å².